The lowest BCUT2D eigenvalue weighted by atomic mass is 10.0. The van der Waals surface area contributed by atoms with Gasteiger partial charge in [0.05, 0.1) is 12.6 Å². The highest BCUT2D eigenvalue weighted by atomic mass is 16.5. The van der Waals surface area contributed by atoms with Gasteiger partial charge in [0.15, 0.2) is 0 Å². The molecule has 32 heavy (non-hydrogen) atoms. The van der Waals surface area contributed by atoms with E-state index < -0.39 is 29.7 Å². The number of ether oxygens (including phenoxy) is 1. The molecule has 0 fully saturated rings. The third kappa shape index (κ3) is 6.24. The molecule has 7 heteroatoms. The van der Waals surface area contributed by atoms with Gasteiger partial charge in [-0.25, -0.2) is 0 Å². The molecule has 0 radical (unpaired) electrons. The summed E-state index contributed by atoms with van der Waals surface area (Å²) in [5.74, 6) is -1.60. The predicted molar refractivity (Wildman–Crippen MR) is 122 cm³/mol. The molecule has 0 aliphatic carbocycles. The highest BCUT2D eigenvalue weighted by Crippen LogP contribution is 2.18. The van der Waals surface area contributed by atoms with Crippen LogP contribution in [0.3, 0.4) is 0 Å². The molecular formula is C25H32N2O5. The number of aliphatic hydroxyl groups excluding tert-OH is 1. The van der Waals surface area contributed by atoms with Crippen LogP contribution in [-0.4, -0.2) is 59.4 Å². The summed E-state index contributed by atoms with van der Waals surface area (Å²) >= 11 is 0. The van der Waals surface area contributed by atoms with E-state index in [2.05, 4.69) is 5.32 Å². The van der Waals surface area contributed by atoms with E-state index in [9.17, 15) is 19.5 Å². The summed E-state index contributed by atoms with van der Waals surface area (Å²) in [7, 11) is 1.49. The third-order valence-corrected chi connectivity index (χ3v) is 5.14. The summed E-state index contributed by atoms with van der Waals surface area (Å²) in [5.41, 5.74) is 1.18. The molecule has 2 aromatic carbocycles. The van der Waals surface area contributed by atoms with E-state index in [4.69, 9.17) is 4.74 Å². The van der Waals surface area contributed by atoms with Crippen molar-refractivity contribution in [2.45, 2.75) is 51.9 Å². The summed E-state index contributed by atoms with van der Waals surface area (Å²) < 4.78 is 5.16. The largest absolute Gasteiger partial charge is 0.386 e. The summed E-state index contributed by atoms with van der Waals surface area (Å²) in [5, 5.41) is 13.4. The number of hydrogen-bond donors (Lipinski definition) is 2. The van der Waals surface area contributed by atoms with Crippen molar-refractivity contribution in [3.63, 3.8) is 0 Å². The van der Waals surface area contributed by atoms with Crippen LogP contribution in [0.4, 0.5) is 0 Å². The van der Waals surface area contributed by atoms with Gasteiger partial charge in [0, 0.05) is 30.3 Å². The third-order valence-electron chi connectivity index (χ3n) is 5.14. The number of hydrogen-bond acceptors (Lipinski definition) is 5. The average molecular weight is 441 g/mol. The van der Waals surface area contributed by atoms with Gasteiger partial charge >= 0.3 is 0 Å². The van der Waals surface area contributed by atoms with Crippen molar-refractivity contribution >= 4 is 17.6 Å². The van der Waals surface area contributed by atoms with Gasteiger partial charge in [0.1, 0.15) is 6.10 Å². The fourth-order valence-electron chi connectivity index (χ4n) is 3.60. The molecule has 0 spiro atoms. The minimum absolute atomic E-state index is 0.106. The number of amides is 2. The number of carbonyl (C=O) groups excluding carboxylic acids is 3. The fraction of sp³-hybridized carbons (Fsp3) is 0.400. The van der Waals surface area contributed by atoms with Crippen molar-refractivity contribution in [1.29, 1.82) is 0 Å². The van der Waals surface area contributed by atoms with Gasteiger partial charge in [-0.15, -0.1) is 0 Å². The maximum absolute atomic E-state index is 12.7. The van der Waals surface area contributed by atoms with Crippen LogP contribution in [0.1, 0.15) is 60.1 Å². The van der Waals surface area contributed by atoms with Crippen LogP contribution in [-0.2, 0) is 9.53 Å². The molecule has 0 aliphatic heterocycles. The van der Waals surface area contributed by atoms with Crippen LogP contribution in [0.5, 0.6) is 0 Å². The molecule has 2 rings (SSSR count). The number of Topliss-reactive ketones (excluding diaryl/α,β-unsaturated/α-hetero) is 1. The lowest BCUT2D eigenvalue weighted by Crippen LogP contribution is -2.45. The van der Waals surface area contributed by atoms with Crippen molar-refractivity contribution in [3.8, 4) is 0 Å². The van der Waals surface area contributed by atoms with Crippen LogP contribution < -0.4 is 5.32 Å². The van der Waals surface area contributed by atoms with Crippen LogP contribution in [0.25, 0.3) is 0 Å². The quantitative estimate of drug-likeness (QED) is 0.437. The molecule has 0 aromatic heterocycles. The monoisotopic (exact) mass is 440 g/mol. The van der Waals surface area contributed by atoms with E-state index in [0.717, 1.165) is 0 Å². The Kier molecular flexibility index (Phi) is 9.11. The van der Waals surface area contributed by atoms with E-state index >= 15 is 0 Å². The zero-order valence-corrected chi connectivity index (χ0v) is 19.2. The highest BCUT2D eigenvalue weighted by Gasteiger charge is 2.28. The predicted octanol–water partition coefficient (Wildman–Crippen LogP) is 2.99. The molecule has 0 saturated heterocycles. The van der Waals surface area contributed by atoms with E-state index in [1.165, 1.54) is 36.3 Å². The Labute approximate surface area is 189 Å². The zero-order chi connectivity index (χ0) is 23.8. The van der Waals surface area contributed by atoms with Crippen LogP contribution in [0.15, 0.2) is 54.6 Å². The van der Waals surface area contributed by atoms with Gasteiger partial charge in [-0.3, -0.25) is 14.4 Å². The number of rotatable bonds is 10. The maximum atomic E-state index is 12.7. The van der Waals surface area contributed by atoms with Gasteiger partial charge in [-0.1, -0.05) is 42.5 Å². The summed E-state index contributed by atoms with van der Waals surface area (Å²) in [6.45, 7) is 7.56. The molecule has 2 atom stereocenters. The standard InChI is InChI=1S/C25H32N2O5/c1-16(2)27(17(3)4)25(31)23(29)19-11-13-20(14-12-19)24(30)26-21(15-32-5)22(28)18-9-7-6-8-10-18/h6-14,16-17,21-22,28H,15H2,1-5H3,(H,26,30)/t21-,22-/m0/s1. The van der Waals surface area contributed by atoms with Crippen LogP contribution in [0, 0.1) is 0 Å². The van der Waals surface area contributed by atoms with Gasteiger partial charge in [-0.2, -0.15) is 0 Å². The number of benzene rings is 2. The fourth-order valence-corrected chi connectivity index (χ4v) is 3.60. The van der Waals surface area contributed by atoms with Gasteiger partial charge in [0.2, 0.25) is 5.78 Å². The number of aliphatic hydroxyl groups is 1. The van der Waals surface area contributed by atoms with Gasteiger partial charge in [0.25, 0.3) is 11.8 Å². The second kappa shape index (κ2) is 11.5. The number of ketones is 1. The van der Waals surface area contributed by atoms with Gasteiger partial charge in [-0.05, 0) is 45.4 Å². The van der Waals surface area contributed by atoms with E-state index in [1.807, 2.05) is 33.8 Å². The highest BCUT2D eigenvalue weighted by molar-refractivity contribution is 6.42. The smallest absolute Gasteiger partial charge is 0.295 e. The SMILES string of the molecule is COC[C@H](NC(=O)c1ccc(C(=O)C(=O)N(C(C)C)C(C)C)cc1)[C@@H](O)c1ccccc1. The van der Waals surface area contributed by atoms with Crippen molar-refractivity contribution < 1.29 is 24.2 Å². The molecule has 172 valence electrons. The summed E-state index contributed by atoms with van der Waals surface area (Å²) in [6.07, 6.45) is -0.948. The van der Waals surface area contributed by atoms with Crippen molar-refractivity contribution in [2.24, 2.45) is 0 Å². The van der Waals surface area contributed by atoms with Crippen molar-refractivity contribution in [3.05, 3.63) is 71.3 Å². The Morgan fingerprint density at radius 3 is 1.94 bits per heavy atom. The normalized spacial score (nSPS) is 13.0. The Hall–Kier alpha value is -3.03. The second-order valence-corrected chi connectivity index (χ2v) is 8.20. The van der Waals surface area contributed by atoms with Crippen molar-refractivity contribution in [1.82, 2.24) is 10.2 Å². The topological polar surface area (TPSA) is 95.9 Å². The first kappa shape index (κ1) is 25.2. The Bertz CT molecular complexity index is 902. The maximum Gasteiger partial charge on any atom is 0.295 e. The average Bonchev–Trinajstić information content (AvgIpc) is 2.77. The molecule has 0 bridgehead atoms. The number of nitrogens with one attached hydrogen (secondary N) is 1. The number of carbonyl (C=O) groups is 3. The van der Waals surface area contributed by atoms with Crippen LogP contribution in [0.2, 0.25) is 0 Å². The molecular weight excluding hydrogens is 408 g/mol. The second-order valence-electron chi connectivity index (χ2n) is 8.20. The lowest BCUT2D eigenvalue weighted by molar-refractivity contribution is -0.129. The first-order valence-electron chi connectivity index (χ1n) is 10.7. The number of nitrogens with zero attached hydrogens (tertiary/aromatic N) is 1. The minimum Gasteiger partial charge on any atom is -0.386 e. The first-order chi connectivity index (χ1) is 15.2. The van der Waals surface area contributed by atoms with E-state index in [-0.39, 0.29) is 24.3 Å². The first-order valence-corrected chi connectivity index (χ1v) is 10.7. The van der Waals surface area contributed by atoms with Gasteiger partial charge < -0.3 is 20.1 Å². The Morgan fingerprint density at radius 1 is 0.906 bits per heavy atom. The molecule has 0 aliphatic rings. The van der Waals surface area contributed by atoms with E-state index in [1.54, 1.807) is 24.3 Å². The lowest BCUT2D eigenvalue weighted by Gasteiger charge is -2.30. The zero-order valence-electron chi connectivity index (χ0n) is 19.2. The Morgan fingerprint density at radius 2 is 1.44 bits per heavy atom. The van der Waals surface area contributed by atoms with E-state index in [0.29, 0.717) is 11.1 Å². The van der Waals surface area contributed by atoms with Crippen LogP contribution >= 0.6 is 0 Å². The molecule has 2 amide bonds. The molecule has 2 N–H and O–H groups in total. The molecule has 0 saturated carbocycles. The molecule has 0 unspecified atom stereocenters. The summed E-state index contributed by atoms with van der Waals surface area (Å²) in [4.78, 5) is 39.5. The molecule has 2 aromatic rings. The molecule has 0 heterocycles. The number of methoxy groups -OCH3 is 1. The van der Waals surface area contributed by atoms with Crippen molar-refractivity contribution in [2.75, 3.05) is 13.7 Å². The Balaban J connectivity index is 2.13. The summed E-state index contributed by atoms with van der Waals surface area (Å²) in [6, 6.07) is 14.0. The molecule has 7 nitrogen and oxygen atoms in total. The minimum atomic E-state index is -0.948.